The number of rotatable bonds is 7. The number of thiophene rings is 1. The van der Waals surface area contributed by atoms with Gasteiger partial charge in [0.1, 0.15) is 11.5 Å². The van der Waals surface area contributed by atoms with Crippen LogP contribution >= 0.6 is 11.3 Å². The van der Waals surface area contributed by atoms with Crippen LogP contribution in [0.15, 0.2) is 59.5 Å². The summed E-state index contributed by atoms with van der Waals surface area (Å²) in [5.74, 6) is -1.19. The van der Waals surface area contributed by atoms with Crippen molar-refractivity contribution in [3.05, 3.63) is 80.8 Å². The number of benzene rings is 1. The largest absolute Gasteiger partial charge is 0.462 e. The minimum atomic E-state index is -0.655. The van der Waals surface area contributed by atoms with Crippen LogP contribution in [-0.2, 0) is 16.1 Å². The molecule has 3 aromatic rings. The summed E-state index contributed by atoms with van der Waals surface area (Å²) in [6.45, 7) is 1.41. The molecule has 0 aliphatic rings. The molecule has 1 N–H and O–H groups in total. The van der Waals surface area contributed by atoms with Crippen molar-refractivity contribution in [3.8, 4) is 10.4 Å². The third-order valence-electron chi connectivity index (χ3n) is 4.03. The van der Waals surface area contributed by atoms with E-state index in [9.17, 15) is 24.5 Å². The van der Waals surface area contributed by atoms with Crippen LogP contribution in [0.3, 0.4) is 0 Å². The Hall–Kier alpha value is -3.79. The van der Waals surface area contributed by atoms with Crippen LogP contribution < -0.4 is 10.9 Å². The topological polar surface area (TPSA) is 121 Å². The maximum atomic E-state index is 12.5. The molecule has 1 amide bonds. The van der Waals surface area contributed by atoms with E-state index >= 15 is 0 Å². The summed E-state index contributed by atoms with van der Waals surface area (Å²) >= 11 is 1.19. The smallest absolute Gasteiger partial charge is 0.341 e. The summed E-state index contributed by atoms with van der Waals surface area (Å²) in [4.78, 5) is 47.8. The van der Waals surface area contributed by atoms with Gasteiger partial charge in [-0.05, 0) is 18.6 Å². The molecule has 0 fully saturated rings. The fourth-order valence-corrected chi connectivity index (χ4v) is 3.73. The average molecular weight is 427 g/mol. The molecule has 0 radical (unpaired) electrons. The van der Waals surface area contributed by atoms with Gasteiger partial charge in [-0.2, -0.15) is 0 Å². The molecule has 0 atom stereocenters. The summed E-state index contributed by atoms with van der Waals surface area (Å²) in [5.41, 5.74) is 0.193. The van der Waals surface area contributed by atoms with Gasteiger partial charge in [0, 0.05) is 17.0 Å². The van der Waals surface area contributed by atoms with Crippen molar-refractivity contribution >= 4 is 33.9 Å². The van der Waals surface area contributed by atoms with Crippen LogP contribution in [0.1, 0.15) is 17.3 Å². The van der Waals surface area contributed by atoms with Gasteiger partial charge < -0.3 is 10.1 Å². The molecule has 10 heteroatoms. The number of pyridine rings is 1. The zero-order chi connectivity index (χ0) is 21.7. The molecule has 1 aromatic carbocycles. The summed E-state index contributed by atoms with van der Waals surface area (Å²) in [7, 11) is 0. The number of hydrogen-bond acceptors (Lipinski definition) is 7. The van der Waals surface area contributed by atoms with Crippen molar-refractivity contribution in [2.24, 2.45) is 0 Å². The molecule has 0 saturated heterocycles. The van der Waals surface area contributed by atoms with Crippen molar-refractivity contribution in [2.75, 3.05) is 11.9 Å². The first-order chi connectivity index (χ1) is 14.4. The number of aromatic nitrogens is 1. The summed E-state index contributed by atoms with van der Waals surface area (Å²) < 4.78 is 6.00. The van der Waals surface area contributed by atoms with Gasteiger partial charge in [0.15, 0.2) is 0 Å². The van der Waals surface area contributed by atoms with Crippen molar-refractivity contribution in [2.45, 2.75) is 13.5 Å². The lowest BCUT2D eigenvalue weighted by Gasteiger charge is -2.07. The van der Waals surface area contributed by atoms with Gasteiger partial charge in [0.05, 0.1) is 23.3 Å². The Morgan fingerprint density at radius 2 is 1.93 bits per heavy atom. The fourth-order valence-electron chi connectivity index (χ4n) is 2.66. The number of nitro groups is 1. The quantitative estimate of drug-likeness (QED) is 0.351. The first-order valence-electron chi connectivity index (χ1n) is 8.90. The third kappa shape index (κ3) is 4.78. The van der Waals surface area contributed by atoms with Crippen LogP contribution in [0.25, 0.3) is 10.4 Å². The van der Waals surface area contributed by atoms with Gasteiger partial charge in [-0.25, -0.2) is 4.79 Å². The van der Waals surface area contributed by atoms with E-state index < -0.39 is 28.9 Å². The molecule has 9 nitrogen and oxygen atoms in total. The lowest BCUT2D eigenvalue weighted by atomic mass is 10.1. The first-order valence-corrected chi connectivity index (χ1v) is 9.71. The first kappa shape index (κ1) is 20.9. The Kier molecular flexibility index (Phi) is 6.38. The molecule has 0 saturated carbocycles. The van der Waals surface area contributed by atoms with Crippen molar-refractivity contribution in [3.63, 3.8) is 0 Å². The fraction of sp³-hybridized carbons (Fsp3) is 0.150. The standard InChI is InChI=1S/C20H17N3O6S/c1-2-29-20(26)15-10-16(13-6-4-3-5-7-13)30-19(15)21-17(24)12-22-11-14(23(27)28)8-9-18(22)25/h3-11H,2,12H2,1H3,(H,21,24). The molecular formula is C20H17N3O6S. The molecule has 0 bridgehead atoms. The molecular weight excluding hydrogens is 410 g/mol. The number of amides is 1. The summed E-state index contributed by atoms with van der Waals surface area (Å²) in [6, 6.07) is 13.0. The zero-order valence-corrected chi connectivity index (χ0v) is 16.7. The monoisotopic (exact) mass is 427 g/mol. The highest BCUT2D eigenvalue weighted by molar-refractivity contribution is 7.20. The summed E-state index contributed by atoms with van der Waals surface area (Å²) in [6.07, 6.45) is 0.998. The number of anilines is 1. The number of nitrogens with zero attached hydrogens (tertiary/aromatic N) is 2. The van der Waals surface area contributed by atoms with E-state index in [0.717, 1.165) is 33.3 Å². The van der Waals surface area contributed by atoms with Crippen molar-refractivity contribution < 1.29 is 19.2 Å². The molecule has 0 aliphatic carbocycles. The summed E-state index contributed by atoms with van der Waals surface area (Å²) in [5, 5.41) is 13.8. The van der Waals surface area contributed by atoms with Crippen LogP contribution in [0.2, 0.25) is 0 Å². The second-order valence-corrected chi connectivity index (χ2v) is 7.15. The molecule has 3 rings (SSSR count). The number of carbonyl (C=O) groups is 2. The van der Waals surface area contributed by atoms with Gasteiger partial charge in [0.25, 0.3) is 11.2 Å². The Morgan fingerprint density at radius 3 is 2.60 bits per heavy atom. The van der Waals surface area contributed by atoms with Gasteiger partial charge in [-0.1, -0.05) is 30.3 Å². The Bertz CT molecular complexity index is 1150. The molecule has 0 spiro atoms. The highest BCUT2D eigenvalue weighted by atomic mass is 32.1. The maximum Gasteiger partial charge on any atom is 0.341 e. The van der Waals surface area contributed by atoms with Gasteiger partial charge >= 0.3 is 5.97 Å². The van der Waals surface area contributed by atoms with E-state index in [1.54, 1.807) is 13.0 Å². The average Bonchev–Trinajstić information content (AvgIpc) is 3.14. The predicted molar refractivity (Wildman–Crippen MR) is 112 cm³/mol. The molecule has 0 unspecified atom stereocenters. The van der Waals surface area contributed by atoms with Crippen LogP contribution in [0.4, 0.5) is 10.7 Å². The van der Waals surface area contributed by atoms with E-state index in [0.29, 0.717) is 0 Å². The third-order valence-corrected chi connectivity index (χ3v) is 5.13. The SMILES string of the molecule is CCOC(=O)c1cc(-c2ccccc2)sc1NC(=O)Cn1cc([N+](=O)[O-])ccc1=O. The second kappa shape index (κ2) is 9.14. The number of ether oxygens (including phenoxy) is 1. The predicted octanol–water partition coefficient (Wildman–Crippen LogP) is 3.30. The zero-order valence-electron chi connectivity index (χ0n) is 15.9. The van der Waals surface area contributed by atoms with Gasteiger partial charge in [-0.15, -0.1) is 11.3 Å². The minimum Gasteiger partial charge on any atom is -0.462 e. The number of carbonyl (C=O) groups excluding carboxylic acids is 2. The Labute approximate surface area is 174 Å². The van der Waals surface area contributed by atoms with Crippen LogP contribution in [0.5, 0.6) is 0 Å². The molecule has 154 valence electrons. The van der Waals surface area contributed by atoms with E-state index in [1.165, 1.54) is 11.3 Å². The highest BCUT2D eigenvalue weighted by Gasteiger charge is 2.20. The van der Waals surface area contributed by atoms with E-state index in [1.807, 2.05) is 30.3 Å². The lowest BCUT2D eigenvalue weighted by Crippen LogP contribution is -2.27. The molecule has 0 aliphatic heterocycles. The van der Waals surface area contributed by atoms with Crippen LogP contribution in [-0.4, -0.2) is 28.0 Å². The second-order valence-electron chi connectivity index (χ2n) is 6.10. The van der Waals surface area contributed by atoms with E-state index in [4.69, 9.17) is 4.74 Å². The van der Waals surface area contributed by atoms with Gasteiger partial charge in [0.2, 0.25) is 5.91 Å². The van der Waals surface area contributed by atoms with E-state index in [-0.39, 0.29) is 22.9 Å². The van der Waals surface area contributed by atoms with Gasteiger partial charge in [-0.3, -0.25) is 24.3 Å². The lowest BCUT2D eigenvalue weighted by molar-refractivity contribution is -0.385. The molecule has 30 heavy (non-hydrogen) atoms. The number of esters is 1. The maximum absolute atomic E-state index is 12.5. The van der Waals surface area contributed by atoms with E-state index in [2.05, 4.69) is 5.32 Å². The van der Waals surface area contributed by atoms with Crippen molar-refractivity contribution in [1.82, 2.24) is 4.57 Å². The number of hydrogen-bond donors (Lipinski definition) is 1. The Balaban J connectivity index is 1.88. The molecule has 2 heterocycles. The Morgan fingerprint density at radius 1 is 1.20 bits per heavy atom. The molecule has 2 aromatic heterocycles. The highest BCUT2D eigenvalue weighted by Crippen LogP contribution is 2.36. The van der Waals surface area contributed by atoms with Crippen LogP contribution in [0, 0.1) is 10.1 Å². The van der Waals surface area contributed by atoms with Crippen molar-refractivity contribution in [1.29, 1.82) is 0 Å². The minimum absolute atomic E-state index is 0.172. The number of nitrogens with one attached hydrogen (secondary N) is 1. The normalized spacial score (nSPS) is 10.4.